The van der Waals surface area contributed by atoms with E-state index >= 15 is 0 Å². The number of benzene rings is 1. The third-order valence-electron chi connectivity index (χ3n) is 5.42. The lowest BCUT2D eigenvalue weighted by Gasteiger charge is -2.29. The van der Waals surface area contributed by atoms with Crippen LogP contribution in [-0.4, -0.2) is 42.8 Å². The van der Waals surface area contributed by atoms with Crippen molar-refractivity contribution in [3.8, 4) is 0 Å². The topological polar surface area (TPSA) is 50.3 Å². The minimum atomic E-state index is 0.754. The van der Waals surface area contributed by atoms with E-state index in [0.717, 1.165) is 61.4 Å². The summed E-state index contributed by atoms with van der Waals surface area (Å²) in [6.07, 6.45) is 8.18. The van der Waals surface area contributed by atoms with Gasteiger partial charge in [-0.2, -0.15) is 4.98 Å². The molecular weight excluding hydrogens is 312 g/mol. The smallest absolute Gasteiger partial charge is 0.225 e. The van der Waals surface area contributed by atoms with Crippen molar-refractivity contribution < 1.29 is 4.74 Å². The summed E-state index contributed by atoms with van der Waals surface area (Å²) in [6, 6.07) is 8.31. The molecule has 4 rings (SSSR count). The summed E-state index contributed by atoms with van der Waals surface area (Å²) >= 11 is 0. The van der Waals surface area contributed by atoms with Gasteiger partial charge >= 0.3 is 0 Å². The number of aromatic nitrogens is 2. The lowest BCUT2D eigenvalue weighted by Crippen LogP contribution is -2.37. The lowest BCUT2D eigenvalue weighted by atomic mass is 10.0. The van der Waals surface area contributed by atoms with Crippen LogP contribution < -0.4 is 10.2 Å². The first-order valence-electron chi connectivity index (χ1n) is 9.73. The Labute approximate surface area is 149 Å². The third kappa shape index (κ3) is 4.03. The Bertz CT molecular complexity index is 691. The second-order valence-corrected chi connectivity index (χ2v) is 7.23. The minimum absolute atomic E-state index is 0.754. The number of anilines is 2. The molecule has 2 aromatic rings. The normalized spacial score (nSPS) is 19.8. The van der Waals surface area contributed by atoms with Crippen molar-refractivity contribution in [3.63, 3.8) is 0 Å². The monoisotopic (exact) mass is 340 g/mol. The van der Waals surface area contributed by atoms with Gasteiger partial charge in [0.2, 0.25) is 5.95 Å². The van der Waals surface area contributed by atoms with E-state index in [2.05, 4.69) is 28.4 Å². The van der Waals surface area contributed by atoms with Crippen LogP contribution in [0, 0.1) is 5.92 Å². The highest BCUT2D eigenvalue weighted by atomic mass is 16.5. The highest BCUT2D eigenvalue weighted by Gasteiger charge is 2.18. The van der Waals surface area contributed by atoms with Crippen LogP contribution in [0.25, 0.3) is 10.9 Å². The number of nitrogens with zero attached hydrogens (tertiary/aromatic N) is 3. The molecule has 0 spiro atoms. The van der Waals surface area contributed by atoms with Crippen LogP contribution in [0.15, 0.2) is 24.3 Å². The number of fused-ring (bicyclic) bond motifs is 1. The molecule has 2 heterocycles. The molecule has 2 aliphatic rings. The van der Waals surface area contributed by atoms with Crippen LogP contribution >= 0.6 is 0 Å². The first-order chi connectivity index (χ1) is 12.4. The Morgan fingerprint density at radius 3 is 2.56 bits per heavy atom. The number of ether oxygens (including phenoxy) is 1. The summed E-state index contributed by atoms with van der Waals surface area (Å²) in [5, 5.41) is 4.66. The summed E-state index contributed by atoms with van der Waals surface area (Å²) in [6.45, 7) is 4.30. The fraction of sp³-hybridized carbons (Fsp3) is 0.600. The van der Waals surface area contributed by atoms with Crippen LogP contribution in [0.5, 0.6) is 0 Å². The van der Waals surface area contributed by atoms with E-state index in [9.17, 15) is 0 Å². The molecule has 134 valence electrons. The minimum Gasteiger partial charge on any atom is -0.378 e. The van der Waals surface area contributed by atoms with E-state index in [1.165, 1.54) is 38.5 Å². The van der Waals surface area contributed by atoms with Crippen LogP contribution in [0.2, 0.25) is 0 Å². The van der Waals surface area contributed by atoms with Gasteiger partial charge in [0.25, 0.3) is 0 Å². The molecule has 1 saturated heterocycles. The largest absolute Gasteiger partial charge is 0.378 e. The molecule has 1 aromatic heterocycles. The molecule has 0 radical (unpaired) electrons. The molecule has 0 atom stereocenters. The second kappa shape index (κ2) is 8.00. The SMILES string of the molecule is c1ccc2c(N3CCOCC3)nc(NCC3CCCCCC3)nc2c1. The maximum absolute atomic E-state index is 5.50. The van der Waals surface area contributed by atoms with Gasteiger partial charge < -0.3 is 15.0 Å². The summed E-state index contributed by atoms with van der Waals surface area (Å²) in [5.74, 6) is 2.56. The molecule has 1 N–H and O–H groups in total. The Morgan fingerprint density at radius 1 is 1.00 bits per heavy atom. The highest BCUT2D eigenvalue weighted by molar-refractivity contribution is 5.90. The van der Waals surface area contributed by atoms with Gasteiger partial charge in [0.15, 0.2) is 0 Å². The fourth-order valence-corrected chi connectivity index (χ4v) is 3.96. The van der Waals surface area contributed by atoms with Crippen molar-refractivity contribution in [2.45, 2.75) is 38.5 Å². The van der Waals surface area contributed by atoms with Gasteiger partial charge in [-0.3, -0.25) is 0 Å². The van der Waals surface area contributed by atoms with Gasteiger partial charge in [-0.15, -0.1) is 0 Å². The molecule has 5 nitrogen and oxygen atoms in total. The van der Waals surface area contributed by atoms with Gasteiger partial charge in [-0.05, 0) is 30.9 Å². The Morgan fingerprint density at radius 2 is 1.76 bits per heavy atom. The van der Waals surface area contributed by atoms with Crippen molar-refractivity contribution in [3.05, 3.63) is 24.3 Å². The van der Waals surface area contributed by atoms with E-state index in [0.29, 0.717) is 0 Å². The average molecular weight is 340 g/mol. The van der Waals surface area contributed by atoms with Crippen LogP contribution in [-0.2, 0) is 4.74 Å². The summed E-state index contributed by atoms with van der Waals surface area (Å²) in [4.78, 5) is 12.0. The zero-order chi connectivity index (χ0) is 16.9. The zero-order valence-electron chi connectivity index (χ0n) is 14.9. The first kappa shape index (κ1) is 16.6. The van der Waals surface area contributed by atoms with E-state index in [1.807, 2.05) is 6.07 Å². The van der Waals surface area contributed by atoms with E-state index in [4.69, 9.17) is 14.7 Å². The van der Waals surface area contributed by atoms with Crippen LogP contribution in [0.3, 0.4) is 0 Å². The second-order valence-electron chi connectivity index (χ2n) is 7.23. The van der Waals surface area contributed by atoms with Gasteiger partial charge in [-0.25, -0.2) is 4.98 Å². The standard InChI is InChI=1S/C20H28N4O/c1-2-4-8-16(7-3-1)15-21-20-22-18-10-6-5-9-17(18)19(23-20)24-11-13-25-14-12-24/h5-6,9-10,16H,1-4,7-8,11-15H2,(H,21,22,23). The lowest BCUT2D eigenvalue weighted by molar-refractivity contribution is 0.122. The fourth-order valence-electron chi connectivity index (χ4n) is 3.96. The van der Waals surface area contributed by atoms with Gasteiger partial charge in [-0.1, -0.05) is 37.8 Å². The number of hydrogen-bond acceptors (Lipinski definition) is 5. The van der Waals surface area contributed by atoms with Gasteiger partial charge in [0.1, 0.15) is 5.82 Å². The molecule has 1 aromatic carbocycles. The molecule has 1 aliphatic heterocycles. The number of para-hydroxylation sites is 1. The van der Waals surface area contributed by atoms with E-state index in [1.54, 1.807) is 0 Å². The number of rotatable bonds is 4. The van der Waals surface area contributed by atoms with Crippen molar-refractivity contribution in [2.75, 3.05) is 43.1 Å². The molecule has 0 bridgehead atoms. The Balaban J connectivity index is 1.56. The predicted octanol–water partition coefficient (Wildman–Crippen LogP) is 3.85. The molecular formula is C20H28N4O. The summed E-state index contributed by atoms with van der Waals surface area (Å²) in [7, 11) is 0. The average Bonchev–Trinajstić information content (AvgIpc) is 2.95. The van der Waals surface area contributed by atoms with Crippen molar-refractivity contribution in [1.82, 2.24) is 9.97 Å². The molecule has 2 fully saturated rings. The Hall–Kier alpha value is -1.88. The Kier molecular flexibility index (Phi) is 5.31. The summed E-state index contributed by atoms with van der Waals surface area (Å²) < 4.78 is 5.50. The van der Waals surface area contributed by atoms with Crippen molar-refractivity contribution in [2.24, 2.45) is 5.92 Å². The predicted molar refractivity (Wildman–Crippen MR) is 102 cm³/mol. The van der Waals surface area contributed by atoms with E-state index in [-0.39, 0.29) is 0 Å². The first-order valence-corrected chi connectivity index (χ1v) is 9.73. The van der Waals surface area contributed by atoms with Crippen LogP contribution in [0.1, 0.15) is 38.5 Å². The molecule has 0 unspecified atom stereocenters. The highest BCUT2D eigenvalue weighted by Crippen LogP contribution is 2.27. The maximum atomic E-state index is 5.50. The maximum Gasteiger partial charge on any atom is 0.225 e. The number of hydrogen-bond donors (Lipinski definition) is 1. The molecule has 5 heteroatoms. The molecule has 1 aliphatic carbocycles. The number of nitrogens with one attached hydrogen (secondary N) is 1. The summed E-state index contributed by atoms with van der Waals surface area (Å²) in [5.41, 5.74) is 1.02. The molecule has 25 heavy (non-hydrogen) atoms. The van der Waals surface area contributed by atoms with Crippen LogP contribution in [0.4, 0.5) is 11.8 Å². The van der Waals surface area contributed by atoms with Crippen molar-refractivity contribution in [1.29, 1.82) is 0 Å². The molecule has 0 amide bonds. The van der Waals surface area contributed by atoms with Gasteiger partial charge in [0, 0.05) is 25.0 Å². The molecule has 1 saturated carbocycles. The third-order valence-corrected chi connectivity index (χ3v) is 5.42. The van der Waals surface area contributed by atoms with Crippen molar-refractivity contribution >= 4 is 22.7 Å². The zero-order valence-corrected chi connectivity index (χ0v) is 14.9. The quantitative estimate of drug-likeness (QED) is 0.857. The van der Waals surface area contributed by atoms with Gasteiger partial charge in [0.05, 0.1) is 18.7 Å². The number of morpholine rings is 1. The van der Waals surface area contributed by atoms with E-state index < -0.39 is 0 Å².